The molecule has 0 saturated heterocycles. The maximum Gasteiger partial charge on any atom is 0.328 e. The van der Waals surface area contributed by atoms with Crippen molar-refractivity contribution in [3.63, 3.8) is 0 Å². The Morgan fingerprint density at radius 3 is 2.86 bits per heavy atom. The van der Waals surface area contributed by atoms with E-state index in [2.05, 4.69) is 4.90 Å². The van der Waals surface area contributed by atoms with E-state index in [4.69, 9.17) is 5.11 Å². The molecule has 1 heterocycles. The lowest BCUT2D eigenvalue weighted by molar-refractivity contribution is -0.131. The van der Waals surface area contributed by atoms with Crippen LogP contribution in [0.2, 0.25) is 0 Å². The van der Waals surface area contributed by atoms with Gasteiger partial charge in [0.25, 0.3) is 0 Å². The monoisotopic (exact) mass is 305 g/mol. The molecule has 0 bridgehead atoms. The lowest BCUT2D eigenvalue weighted by atomic mass is 10.2. The maximum atomic E-state index is 13.3. The molecule has 2 rings (SSSR count). The molecule has 5 heteroatoms. The summed E-state index contributed by atoms with van der Waals surface area (Å²) in [6.45, 7) is 3.46. The molecule has 0 unspecified atom stereocenters. The normalized spacial score (nSPS) is 11.0. The zero-order valence-corrected chi connectivity index (χ0v) is 12.4. The van der Waals surface area contributed by atoms with Crippen LogP contribution in [-0.2, 0) is 11.3 Å². The molecule has 0 saturated carbocycles. The number of nitrogens with zero attached hydrogens (tertiary/aromatic N) is 1. The van der Waals surface area contributed by atoms with Crippen molar-refractivity contribution in [2.75, 3.05) is 11.4 Å². The highest BCUT2D eigenvalue weighted by molar-refractivity contribution is 7.12. The minimum absolute atomic E-state index is 0.248. The number of thiophene rings is 1. The van der Waals surface area contributed by atoms with E-state index in [0.29, 0.717) is 6.54 Å². The number of hydrogen-bond acceptors (Lipinski definition) is 3. The molecule has 0 aliphatic rings. The van der Waals surface area contributed by atoms with Gasteiger partial charge >= 0.3 is 5.97 Å². The molecule has 0 aliphatic carbocycles. The minimum atomic E-state index is -0.958. The Kier molecular flexibility index (Phi) is 5.11. The second-order valence-electron chi connectivity index (χ2n) is 4.47. The average Bonchev–Trinajstić information content (AvgIpc) is 2.90. The van der Waals surface area contributed by atoms with Crippen molar-refractivity contribution in [2.45, 2.75) is 13.5 Å². The first kappa shape index (κ1) is 15.3. The van der Waals surface area contributed by atoms with Crippen molar-refractivity contribution < 1.29 is 14.3 Å². The van der Waals surface area contributed by atoms with Crippen LogP contribution in [0.3, 0.4) is 0 Å². The van der Waals surface area contributed by atoms with Crippen LogP contribution in [0.25, 0.3) is 6.08 Å². The lowest BCUT2D eigenvalue weighted by Crippen LogP contribution is -2.21. The first-order valence-electron chi connectivity index (χ1n) is 6.58. The van der Waals surface area contributed by atoms with Crippen LogP contribution in [0.5, 0.6) is 0 Å². The fourth-order valence-corrected chi connectivity index (χ4v) is 2.90. The molecule has 3 nitrogen and oxygen atoms in total. The Morgan fingerprint density at radius 1 is 1.38 bits per heavy atom. The summed E-state index contributed by atoms with van der Waals surface area (Å²) >= 11 is 1.53. The standard InChI is InChI=1S/C16H16FNO2S/c1-2-18(13-5-3-4-12(17)10-13)11-15-7-6-14(21-15)8-9-16(19)20/h3-10H,2,11H2,1H3,(H,19,20). The molecule has 21 heavy (non-hydrogen) atoms. The van der Waals surface area contributed by atoms with Crippen molar-refractivity contribution >= 4 is 29.1 Å². The first-order valence-corrected chi connectivity index (χ1v) is 7.40. The van der Waals surface area contributed by atoms with Crippen LogP contribution in [0.15, 0.2) is 42.5 Å². The Hall–Kier alpha value is -2.14. The molecule has 2 aromatic rings. The number of benzene rings is 1. The van der Waals surface area contributed by atoms with Gasteiger partial charge in [-0.05, 0) is 43.3 Å². The molecule has 0 spiro atoms. The fraction of sp³-hybridized carbons (Fsp3) is 0.188. The van der Waals surface area contributed by atoms with Gasteiger partial charge in [0.1, 0.15) is 5.82 Å². The third-order valence-electron chi connectivity index (χ3n) is 2.97. The Bertz CT molecular complexity index is 651. The van der Waals surface area contributed by atoms with Gasteiger partial charge in [-0.3, -0.25) is 0 Å². The number of anilines is 1. The van der Waals surface area contributed by atoms with E-state index in [1.165, 1.54) is 23.5 Å². The van der Waals surface area contributed by atoms with Crippen molar-refractivity contribution in [3.8, 4) is 0 Å². The third kappa shape index (κ3) is 4.43. The number of aliphatic carboxylic acids is 1. The van der Waals surface area contributed by atoms with Crippen molar-refractivity contribution in [1.29, 1.82) is 0 Å². The number of carboxylic acid groups (broad SMARTS) is 1. The predicted octanol–water partition coefficient (Wildman–Crippen LogP) is 4.01. The summed E-state index contributed by atoms with van der Waals surface area (Å²) in [4.78, 5) is 14.6. The summed E-state index contributed by atoms with van der Waals surface area (Å²) in [7, 11) is 0. The van der Waals surface area contributed by atoms with Crippen LogP contribution in [0.1, 0.15) is 16.7 Å². The lowest BCUT2D eigenvalue weighted by Gasteiger charge is -2.22. The summed E-state index contributed by atoms with van der Waals surface area (Å²) < 4.78 is 13.3. The van der Waals surface area contributed by atoms with Crippen LogP contribution in [0.4, 0.5) is 10.1 Å². The third-order valence-corrected chi connectivity index (χ3v) is 4.01. The smallest absolute Gasteiger partial charge is 0.328 e. The summed E-state index contributed by atoms with van der Waals surface area (Å²) in [6.07, 6.45) is 2.70. The van der Waals surface area contributed by atoms with Gasteiger partial charge in [0.2, 0.25) is 0 Å². The number of hydrogen-bond donors (Lipinski definition) is 1. The highest BCUT2D eigenvalue weighted by Gasteiger charge is 2.08. The summed E-state index contributed by atoms with van der Waals surface area (Å²) in [5.41, 5.74) is 0.841. The highest BCUT2D eigenvalue weighted by Crippen LogP contribution is 2.23. The molecule has 1 aromatic heterocycles. The second-order valence-corrected chi connectivity index (χ2v) is 5.67. The fourth-order valence-electron chi connectivity index (χ4n) is 1.97. The van der Waals surface area contributed by atoms with Gasteiger partial charge in [-0.1, -0.05) is 6.07 Å². The Labute approximate surface area is 127 Å². The van der Waals surface area contributed by atoms with Gasteiger partial charge in [-0.25, -0.2) is 9.18 Å². The van der Waals surface area contributed by atoms with Crippen LogP contribution in [0, 0.1) is 5.82 Å². The van der Waals surface area contributed by atoms with E-state index in [1.807, 2.05) is 25.1 Å². The summed E-state index contributed by atoms with van der Waals surface area (Å²) in [5, 5.41) is 8.61. The number of carboxylic acids is 1. The molecular weight excluding hydrogens is 289 g/mol. The molecule has 1 N–H and O–H groups in total. The molecular formula is C16H16FNO2S. The van der Waals surface area contributed by atoms with Crippen LogP contribution >= 0.6 is 11.3 Å². The van der Waals surface area contributed by atoms with Crippen molar-refractivity contribution in [2.24, 2.45) is 0 Å². The van der Waals surface area contributed by atoms with Crippen LogP contribution in [-0.4, -0.2) is 17.6 Å². The molecule has 0 atom stereocenters. The molecule has 0 fully saturated rings. The van der Waals surface area contributed by atoms with Crippen LogP contribution < -0.4 is 4.90 Å². The van der Waals surface area contributed by atoms with Gasteiger partial charge in [-0.15, -0.1) is 11.3 Å². The van der Waals surface area contributed by atoms with Gasteiger partial charge < -0.3 is 10.0 Å². The number of halogens is 1. The largest absolute Gasteiger partial charge is 0.478 e. The Balaban J connectivity index is 2.10. The van der Waals surface area contributed by atoms with E-state index in [0.717, 1.165) is 28.1 Å². The van der Waals surface area contributed by atoms with Gasteiger partial charge in [0.15, 0.2) is 0 Å². The topological polar surface area (TPSA) is 40.5 Å². The number of carbonyl (C=O) groups is 1. The summed E-state index contributed by atoms with van der Waals surface area (Å²) in [5.74, 6) is -1.21. The SMILES string of the molecule is CCN(Cc1ccc(C=CC(=O)O)s1)c1cccc(F)c1. The van der Waals surface area contributed by atoms with E-state index in [1.54, 1.807) is 12.1 Å². The van der Waals surface area contributed by atoms with Crippen molar-refractivity contribution in [3.05, 3.63) is 58.0 Å². The Morgan fingerprint density at radius 2 is 2.19 bits per heavy atom. The molecule has 110 valence electrons. The highest BCUT2D eigenvalue weighted by atomic mass is 32.1. The average molecular weight is 305 g/mol. The van der Waals surface area contributed by atoms with Gasteiger partial charge in [0, 0.05) is 28.1 Å². The quantitative estimate of drug-likeness (QED) is 0.820. The van der Waals surface area contributed by atoms with E-state index >= 15 is 0 Å². The summed E-state index contributed by atoms with van der Waals surface area (Å²) in [6, 6.07) is 10.4. The van der Waals surface area contributed by atoms with E-state index in [-0.39, 0.29) is 5.82 Å². The van der Waals surface area contributed by atoms with Crippen molar-refractivity contribution in [1.82, 2.24) is 0 Å². The maximum absolute atomic E-state index is 13.3. The zero-order valence-electron chi connectivity index (χ0n) is 11.6. The molecule has 0 radical (unpaired) electrons. The number of rotatable bonds is 6. The van der Waals surface area contributed by atoms with E-state index in [9.17, 15) is 9.18 Å². The van der Waals surface area contributed by atoms with E-state index < -0.39 is 5.97 Å². The molecule has 0 aliphatic heterocycles. The predicted molar refractivity (Wildman–Crippen MR) is 84.1 cm³/mol. The van der Waals surface area contributed by atoms with Gasteiger partial charge in [-0.2, -0.15) is 0 Å². The molecule has 0 amide bonds. The molecule has 1 aromatic carbocycles. The van der Waals surface area contributed by atoms with Gasteiger partial charge in [0.05, 0.1) is 6.54 Å². The zero-order chi connectivity index (χ0) is 15.2. The first-order chi connectivity index (χ1) is 10.1. The second kappa shape index (κ2) is 7.04. The minimum Gasteiger partial charge on any atom is -0.478 e.